The number of nitro groups is 1. The minimum absolute atomic E-state index is 0.0845. The zero-order valence-electron chi connectivity index (χ0n) is 9.54. The van der Waals surface area contributed by atoms with Crippen LogP contribution in [-0.2, 0) is 10.0 Å². The molecule has 1 aliphatic rings. The number of nitro benzene ring substituents is 1. The van der Waals surface area contributed by atoms with Crippen LogP contribution in [0.4, 0.5) is 11.4 Å². The quantitative estimate of drug-likeness (QED) is 0.624. The average Bonchev–Trinajstić information content (AvgIpc) is 3.11. The van der Waals surface area contributed by atoms with Gasteiger partial charge in [-0.25, -0.2) is 8.42 Å². The van der Waals surface area contributed by atoms with E-state index in [-0.39, 0.29) is 11.4 Å². The van der Waals surface area contributed by atoms with E-state index in [0.29, 0.717) is 17.3 Å². The van der Waals surface area contributed by atoms with Gasteiger partial charge in [0.2, 0.25) is 10.0 Å². The minimum Gasteiger partial charge on any atom is -0.266 e. The predicted octanol–water partition coefficient (Wildman–Crippen LogP) is 2.29. The van der Waals surface area contributed by atoms with Crippen LogP contribution in [0.2, 0.25) is 0 Å². The molecule has 0 spiro atoms. The topological polar surface area (TPSA) is 80.5 Å². The van der Waals surface area contributed by atoms with E-state index in [1.165, 1.54) is 25.2 Å². The van der Waals surface area contributed by atoms with E-state index in [4.69, 9.17) is 0 Å². The van der Waals surface area contributed by atoms with Gasteiger partial charge in [0.25, 0.3) is 5.69 Å². The molecule has 8 heteroatoms. The van der Waals surface area contributed by atoms with Crippen LogP contribution in [0.5, 0.6) is 0 Å². The summed E-state index contributed by atoms with van der Waals surface area (Å²) in [5.41, 5.74) is -0.133. The van der Waals surface area contributed by atoms with Crippen molar-refractivity contribution in [2.24, 2.45) is 0 Å². The fourth-order valence-electron chi connectivity index (χ4n) is 1.63. The van der Waals surface area contributed by atoms with E-state index >= 15 is 0 Å². The van der Waals surface area contributed by atoms with E-state index in [1.54, 1.807) is 0 Å². The van der Waals surface area contributed by atoms with Gasteiger partial charge >= 0.3 is 0 Å². The van der Waals surface area contributed by atoms with E-state index in [2.05, 4.69) is 15.9 Å². The molecule has 0 aliphatic heterocycles. The third-order valence-corrected chi connectivity index (χ3v) is 5.57. The van der Waals surface area contributed by atoms with E-state index < -0.39 is 20.2 Å². The number of hydrogen-bond donors (Lipinski definition) is 0. The Morgan fingerprint density at radius 3 is 2.56 bits per heavy atom. The van der Waals surface area contributed by atoms with Crippen molar-refractivity contribution in [1.82, 2.24) is 0 Å². The summed E-state index contributed by atoms with van der Waals surface area (Å²) < 4.78 is 25.7. The fourth-order valence-corrected chi connectivity index (χ4v) is 3.58. The molecule has 0 radical (unpaired) electrons. The van der Waals surface area contributed by atoms with Gasteiger partial charge in [0.1, 0.15) is 5.69 Å². The first-order valence-corrected chi connectivity index (χ1v) is 7.55. The predicted molar refractivity (Wildman–Crippen MR) is 71.1 cm³/mol. The molecular weight excluding hydrogens is 324 g/mol. The molecule has 1 aromatic rings. The van der Waals surface area contributed by atoms with Crippen molar-refractivity contribution in [1.29, 1.82) is 0 Å². The zero-order valence-corrected chi connectivity index (χ0v) is 11.9. The average molecular weight is 335 g/mol. The summed E-state index contributed by atoms with van der Waals surface area (Å²) in [4.78, 5) is 10.3. The molecule has 98 valence electrons. The van der Waals surface area contributed by atoms with Crippen LogP contribution in [0, 0.1) is 10.1 Å². The Hall–Kier alpha value is -1.15. The van der Waals surface area contributed by atoms with Gasteiger partial charge < -0.3 is 0 Å². The number of rotatable bonds is 4. The number of halogens is 1. The molecule has 18 heavy (non-hydrogen) atoms. The Morgan fingerprint density at radius 1 is 1.44 bits per heavy atom. The monoisotopic (exact) mass is 334 g/mol. The lowest BCUT2D eigenvalue weighted by molar-refractivity contribution is -0.384. The summed E-state index contributed by atoms with van der Waals surface area (Å²) in [5, 5.41) is 10.5. The van der Waals surface area contributed by atoms with Crippen molar-refractivity contribution < 1.29 is 13.3 Å². The van der Waals surface area contributed by atoms with Crippen molar-refractivity contribution >= 4 is 37.3 Å². The largest absolute Gasteiger partial charge is 0.293 e. The first kappa shape index (κ1) is 13.3. The molecule has 1 aromatic carbocycles. The third kappa shape index (κ3) is 2.35. The van der Waals surface area contributed by atoms with Gasteiger partial charge in [0, 0.05) is 17.6 Å². The smallest absolute Gasteiger partial charge is 0.266 e. The third-order valence-electron chi connectivity index (χ3n) is 2.80. The molecule has 2 rings (SSSR count). The van der Waals surface area contributed by atoms with Gasteiger partial charge in [-0.1, -0.05) is 15.9 Å². The highest BCUT2D eigenvalue weighted by molar-refractivity contribution is 9.10. The molecule has 0 aromatic heterocycles. The van der Waals surface area contributed by atoms with Crippen LogP contribution < -0.4 is 4.31 Å². The zero-order chi connectivity index (χ0) is 13.5. The SMILES string of the molecule is CN(c1cc(Br)ccc1[N+](=O)[O-])S(=O)(=O)C1CC1. The normalized spacial score (nSPS) is 15.4. The summed E-state index contributed by atoms with van der Waals surface area (Å²) in [6.45, 7) is 0. The molecule has 1 saturated carbocycles. The van der Waals surface area contributed by atoms with Gasteiger partial charge in [-0.15, -0.1) is 0 Å². The van der Waals surface area contributed by atoms with Crippen molar-refractivity contribution in [3.8, 4) is 0 Å². The molecule has 1 aliphatic carbocycles. The van der Waals surface area contributed by atoms with Crippen LogP contribution in [0.1, 0.15) is 12.8 Å². The fraction of sp³-hybridized carbons (Fsp3) is 0.400. The van der Waals surface area contributed by atoms with Crippen molar-refractivity contribution in [3.63, 3.8) is 0 Å². The summed E-state index contributed by atoms with van der Waals surface area (Å²) in [6.07, 6.45) is 1.24. The molecule has 0 N–H and O–H groups in total. The summed E-state index contributed by atoms with van der Waals surface area (Å²) in [7, 11) is -2.13. The lowest BCUT2D eigenvalue weighted by Gasteiger charge is -2.19. The first-order valence-electron chi connectivity index (χ1n) is 5.25. The second-order valence-electron chi connectivity index (χ2n) is 4.10. The van der Waals surface area contributed by atoms with Crippen molar-refractivity contribution in [3.05, 3.63) is 32.8 Å². The maximum absolute atomic E-state index is 12.1. The van der Waals surface area contributed by atoms with Crippen molar-refractivity contribution in [2.75, 3.05) is 11.4 Å². The Balaban J connectivity index is 2.49. The highest BCUT2D eigenvalue weighted by atomic mass is 79.9. The molecule has 1 fully saturated rings. The highest BCUT2D eigenvalue weighted by Gasteiger charge is 2.40. The lowest BCUT2D eigenvalue weighted by atomic mass is 10.3. The number of anilines is 1. The second kappa shape index (κ2) is 4.51. The molecule has 0 unspecified atom stereocenters. The lowest BCUT2D eigenvalue weighted by Crippen LogP contribution is -2.30. The summed E-state index contributed by atoms with van der Waals surface area (Å²) in [5.74, 6) is 0. The molecule has 0 bridgehead atoms. The van der Waals surface area contributed by atoms with E-state index in [9.17, 15) is 18.5 Å². The number of hydrogen-bond acceptors (Lipinski definition) is 4. The molecular formula is C10H11BrN2O4S. The van der Waals surface area contributed by atoms with Crippen molar-refractivity contribution in [2.45, 2.75) is 18.1 Å². The molecule has 0 heterocycles. The maximum Gasteiger partial charge on any atom is 0.293 e. The Labute approximate surface area is 113 Å². The Morgan fingerprint density at radius 2 is 2.06 bits per heavy atom. The van der Waals surface area contributed by atoms with Gasteiger partial charge in [-0.2, -0.15) is 0 Å². The number of benzene rings is 1. The Bertz CT molecular complexity index is 598. The van der Waals surface area contributed by atoms with Crippen LogP contribution >= 0.6 is 15.9 Å². The molecule has 0 amide bonds. The Kier molecular flexibility index (Phi) is 3.33. The molecule has 6 nitrogen and oxygen atoms in total. The minimum atomic E-state index is -3.48. The maximum atomic E-state index is 12.1. The summed E-state index contributed by atoms with van der Waals surface area (Å²) >= 11 is 3.19. The van der Waals surface area contributed by atoms with Gasteiger partial charge in [0.05, 0.1) is 10.2 Å². The van der Waals surface area contributed by atoms with Crippen LogP contribution in [0.25, 0.3) is 0 Å². The number of nitrogens with zero attached hydrogens (tertiary/aromatic N) is 2. The first-order chi connectivity index (χ1) is 8.34. The van der Waals surface area contributed by atoms with Gasteiger partial charge in [-0.3, -0.25) is 14.4 Å². The van der Waals surface area contributed by atoms with Crippen LogP contribution in [0.3, 0.4) is 0 Å². The molecule has 0 saturated heterocycles. The van der Waals surface area contributed by atoms with Gasteiger partial charge in [0.15, 0.2) is 0 Å². The standard InChI is InChI=1S/C10H11BrN2O4S/c1-12(18(16,17)8-3-4-8)10-6-7(11)2-5-9(10)13(14)15/h2,5-6,8H,3-4H2,1H3. The summed E-state index contributed by atoms with van der Waals surface area (Å²) in [6, 6.07) is 4.25. The van der Waals surface area contributed by atoms with Gasteiger partial charge in [-0.05, 0) is 25.0 Å². The number of sulfonamides is 1. The van der Waals surface area contributed by atoms with Crippen LogP contribution in [-0.4, -0.2) is 25.6 Å². The van der Waals surface area contributed by atoms with E-state index in [0.717, 1.165) is 4.31 Å². The second-order valence-corrected chi connectivity index (χ2v) is 7.26. The van der Waals surface area contributed by atoms with Crippen LogP contribution in [0.15, 0.2) is 22.7 Å². The van der Waals surface area contributed by atoms with E-state index in [1.807, 2.05) is 0 Å². The molecule has 0 atom stereocenters. The highest BCUT2D eigenvalue weighted by Crippen LogP contribution is 2.37.